The van der Waals surface area contributed by atoms with Crippen LogP contribution in [0.5, 0.6) is 11.5 Å². The van der Waals surface area contributed by atoms with Crippen molar-refractivity contribution in [3.05, 3.63) is 84.7 Å². The number of amides is 2. The number of aryl methyl sites for hydroxylation is 1. The third kappa shape index (κ3) is 4.88. The Morgan fingerprint density at radius 3 is 2.35 bits per heavy atom. The zero-order chi connectivity index (χ0) is 26.2. The SMILES string of the molecule is Cn1cc(-c2cnccc2Oc2cc(F)c(NC(=O)C3(C(=O)Nc4ccc(F)cc4)CC3)cc2F)cn1. The van der Waals surface area contributed by atoms with Crippen molar-refractivity contribution in [3.63, 3.8) is 0 Å². The number of benzene rings is 2. The Bertz CT molecular complexity index is 1500. The minimum absolute atomic E-state index is 0.229. The number of anilines is 2. The summed E-state index contributed by atoms with van der Waals surface area (Å²) >= 11 is 0. The smallest absolute Gasteiger partial charge is 0.240 e. The van der Waals surface area contributed by atoms with Crippen molar-refractivity contribution < 1.29 is 27.5 Å². The predicted molar refractivity (Wildman–Crippen MR) is 128 cm³/mol. The third-order valence-corrected chi connectivity index (χ3v) is 6.01. The van der Waals surface area contributed by atoms with Gasteiger partial charge in [-0.15, -0.1) is 0 Å². The molecule has 4 aromatic rings. The average molecular weight is 507 g/mol. The molecular formula is C26H20F3N5O3. The summed E-state index contributed by atoms with van der Waals surface area (Å²) in [5, 5.41) is 8.96. The van der Waals surface area contributed by atoms with E-state index >= 15 is 0 Å². The summed E-state index contributed by atoms with van der Waals surface area (Å²) in [6.07, 6.45) is 6.73. The van der Waals surface area contributed by atoms with Crippen LogP contribution in [0.1, 0.15) is 12.8 Å². The van der Waals surface area contributed by atoms with Crippen LogP contribution in [-0.2, 0) is 16.6 Å². The number of nitrogens with one attached hydrogen (secondary N) is 2. The van der Waals surface area contributed by atoms with Gasteiger partial charge in [0.1, 0.15) is 17.0 Å². The first-order chi connectivity index (χ1) is 17.7. The Labute approximate surface area is 209 Å². The van der Waals surface area contributed by atoms with Crippen LogP contribution >= 0.6 is 0 Å². The molecule has 188 valence electrons. The van der Waals surface area contributed by atoms with Gasteiger partial charge in [-0.3, -0.25) is 19.3 Å². The summed E-state index contributed by atoms with van der Waals surface area (Å²) in [6.45, 7) is 0. The number of hydrogen-bond donors (Lipinski definition) is 2. The number of carbonyl (C=O) groups excluding carboxylic acids is 2. The maximum Gasteiger partial charge on any atom is 0.240 e. The molecule has 0 saturated heterocycles. The topological polar surface area (TPSA) is 98.1 Å². The summed E-state index contributed by atoms with van der Waals surface area (Å²) < 4.78 is 50.1. The van der Waals surface area contributed by atoms with Crippen molar-refractivity contribution in [1.82, 2.24) is 14.8 Å². The molecule has 0 bridgehead atoms. The lowest BCUT2D eigenvalue weighted by Crippen LogP contribution is -2.35. The highest BCUT2D eigenvalue weighted by atomic mass is 19.1. The highest BCUT2D eigenvalue weighted by Crippen LogP contribution is 2.48. The molecule has 0 radical (unpaired) electrons. The lowest BCUT2D eigenvalue weighted by molar-refractivity contribution is -0.131. The molecule has 1 aliphatic rings. The Morgan fingerprint density at radius 2 is 1.68 bits per heavy atom. The molecule has 2 aromatic heterocycles. The largest absolute Gasteiger partial charge is 0.453 e. The van der Waals surface area contributed by atoms with E-state index in [0.717, 1.165) is 12.1 Å². The fourth-order valence-corrected chi connectivity index (χ4v) is 3.78. The van der Waals surface area contributed by atoms with Gasteiger partial charge in [-0.1, -0.05) is 0 Å². The molecule has 1 fully saturated rings. The van der Waals surface area contributed by atoms with Crippen LogP contribution in [0.2, 0.25) is 0 Å². The van der Waals surface area contributed by atoms with Gasteiger partial charge in [0.2, 0.25) is 11.8 Å². The number of aromatic nitrogens is 3. The summed E-state index contributed by atoms with van der Waals surface area (Å²) in [7, 11) is 1.74. The monoisotopic (exact) mass is 507 g/mol. The van der Waals surface area contributed by atoms with Crippen molar-refractivity contribution in [3.8, 4) is 22.6 Å². The fourth-order valence-electron chi connectivity index (χ4n) is 3.78. The van der Waals surface area contributed by atoms with Crippen molar-refractivity contribution >= 4 is 23.2 Å². The molecule has 0 aliphatic heterocycles. The van der Waals surface area contributed by atoms with Crippen molar-refractivity contribution in [2.24, 2.45) is 12.5 Å². The first-order valence-electron chi connectivity index (χ1n) is 11.2. The second kappa shape index (κ2) is 9.41. The van der Waals surface area contributed by atoms with E-state index < -0.39 is 46.1 Å². The molecule has 11 heteroatoms. The normalized spacial score (nSPS) is 13.6. The third-order valence-electron chi connectivity index (χ3n) is 6.01. The second-order valence-electron chi connectivity index (χ2n) is 8.64. The van der Waals surface area contributed by atoms with Crippen LogP contribution in [0, 0.1) is 22.9 Å². The first-order valence-corrected chi connectivity index (χ1v) is 11.2. The molecule has 0 atom stereocenters. The average Bonchev–Trinajstić information content (AvgIpc) is 3.59. The van der Waals surface area contributed by atoms with Gasteiger partial charge in [-0.25, -0.2) is 13.2 Å². The Balaban J connectivity index is 1.32. The molecule has 1 saturated carbocycles. The van der Waals surface area contributed by atoms with E-state index in [1.54, 1.807) is 24.1 Å². The number of nitrogens with zero attached hydrogens (tertiary/aromatic N) is 3. The van der Waals surface area contributed by atoms with Gasteiger partial charge >= 0.3 is 0 Å². The highest BCUT2D eigenvalue weighted by Gasteiger charge is 2.56. The number of halogens is 3. The van der Waals surface area contributed by atoms with E-state index in [1.165, 1.54) is 42.7 Å². The van der Waals surface area contributed by atoms with E-state index in [1.807, 2.05) is 0 Å². The highest BCUT2D eigenvalue weighted by molar-refractivity contribution is 6.16. The molecular weight excluding hydrogens is 487 g/mol. The Hall–Kier alpha value is -4.67. The molecule has 2 amide bonds. The van der Waals surface area contributed by atoms with E-state index in [-0.39, 0.29) is 18.6 Å². The van der Waals surface area contributed by atoms with Gasteiger partial charge in [0.25, 0.3) is 0 Å². The minimum Gasteiger partial charge on any atom is -0.453 e. The lowest BCUT2D eigenvalue weighted by atomic mass is 10.0. The molecule has 2 aromatic carbocycles. The number of rotatable bonds is 7. The van der Waals surface area contributed by atoms with Crippen molar-refractivity contribution in [1.29, 1.82) is 0 Å². The van der Waals surface area contributed by atoms with Gasteiger partial charge in [0, 0.05) is 54.6 Å². The minimum atomic E-state index is -1.43. The van der Waals surface area contributed by atoms with Crippen LogP contribution in [-0.4, -0.2) is 26.6 Å². The molecule has 8 nitrogen and oxygen atoms in total. The Kier molecular flexibility index (Phi) is 6.12. The molecule has 5 rings (SSSR count). The standard InChI is InChI=1S/C26H20F3N5O3/c1-34-14-15(12-31-34)18-13-30-9-6-22(18)37-23-11-19(28)21(10-20(23)29)33-25(36)26(7-8-26)24(35)32-17-4-2-16(27)3-5-17/h2-6,9-14H,7-8H2,1H3,(H,32,35)(H,33,36). The summed E-state index contributed by atoms with van der Waals surface area (Å²) in [5.41, 5.74) is -0.356. The van der Waals surface area contributed by atoms with Gasteiger partial charge < -0.3 is 15.4 Å². The summed E-state index contributed by atoms with van der Waals surface area (Å²) in [4.78, 5) is 29.6. The van der Waals surface area contributed by atoms with Crippen LogP contribution in [0.3, 0.4) is 0 Å². The maximum absolute atomic E-state index is 14.9. The molecule has 37 heavy (non-hydrogen) atoms. The number of ether oxygens (including phenoxy) is 1. The van der Waals surface area contributed by atoms with Gasteiger partial charge in [0.05, 0.1) is 11.9 Å². The molecule has 0 spiro atoms. The van der Waals surface area contributed by atoms with Gasteiger partial charge in [-0.05, 0) is 43.2 Å². The predicted octanol–water partition coefficient (Wildman–Crippen LogP) is 5.05. The van der Waals surface area contributed by atoms with Gasteiger partial charge in [-0.2, -0.15) is 5.10 Å². The number of pyridine rings is 1. The first kappa shape index (κ1) is 24.0. The van der Waals surface area contributed by atoms with Crippen LogP contribution in [0.4, 0.5) is 24.5 Å². The van der Waals surface area contributed by atoms with Crippen LogP contribution in [0.25, 0.3) is 11.1 Å². The summed E-state index contributed by atoms with van der Waals surface area (Å²) in [5.74, 6) is -3.90. The lowest BCUT2D eigenvalue weighted by Gasteiger charge is -2.17. The van der Waals surface area contributed by atoms with E-state index in [0.29, 0.717) is 16.8 Å². The van der Waals surface area contributed by atoms with Crippen LogP contribution < -0.4 is 15.4 Å². The van der Waals surface area contributed by atoms with Crippen molar-refractivity contribution in [2.75, 3.05) is 10.6 Å². The maximum atomic E-state index is 14.9. The van der Waals surface area contributed by atoms with Gasteiger partial charge in [0.15, 0.2) is 17.4 Å². The number of carbonyl (C=O) groups is 2. The van der Waals surface area contributed by atoms with E-state index in [2.05, 4.69) is 20.7 Å². The van der Waals surface area contributed by atoms with Crippen LogP contribution in [0.15, 0.2) is 67.3 Å². The quantitative estimate of drug-likeness (QED) is 0.341. The molecule has 2 heterocycles. The van der Waals surface area contributed by atoms with E-state index in [4.69, 9.17) is 4.74 Å². The molecule has 0 unspecified atom stereocenters. The zero-order valence-electron chi connectivity index (χ0n) is 19.5. The second-order valence-corrected chi connectivity index (χ2v) is 8.64. The Morgan fingerprint density at radius 1 is 0.946 bits per heavy atom. The van der Waals surface area contributed by atoms with E-state index in [9.17, 15) is 22.8 Å². The summed E-state index contributed by atoms with van der Waals surface area (Å²) in [6, 6.07) is 8.17. The molecule has 1 aliphatic carbocycles. The molecule has 2 N–H and O–H groups in total. The number of hydrogen-bond acceptors (Lipinski definition) is 5. The fraction of sp³-hybridized carbons (Fsp3) is 0.154. The zero-order valence-corrected chi connectivity index (χ0v) is 19.5. The van der Waals surface area contributed by atoms with Crippen molar-refractivity contribution in [2.45, 2.75) is 12.8 Å².